The Morgan fingerprint density at radius 3 is 2.46 bits per heavy atom. The molecule has 144 valence electrons. The number of amides is 2. The highest BCUT2D eigenvalue weighted by molar-refractivity contribution is 7.13. The largest absolute Gasteiger partial charge is 0.352 e. The standard InChI is InChI=1S/C21H20FN3O2S/c1-14-20(21(27)24-12-15-7-3-2-4-8-15)28-19(25-14)11-18(26)23-13-16-9-5-6-10-17(16)22/h2-10H,11-13H2,1H3,(H,23,26)(H,24,27). The van der Waals surface area contributed by atoms with Gasteiger partial charge in [0.05, 0.1) is 12.1 Å². The zero-order valence-electron chi connectivity index (χ0n) is 15.4. The number of halogens is 1. The molecule has 3 rings (SSSR count). The minimum atomic E-state index is -0.356. The minimum Gasteiger partial charge on any atom is -0.352 e. The molecule has 1 aromatic heterocycles. The second-order valence-corrected chi connectivity index (χ2v) is 7.32. The van der Waals surface area contributed by atoms with Gasteiger partial charge in [0.25, 0.3) is 5.91 Å². The molecule has 2 aromatic carbocycles. The van der Waals surface area contributed by atoms with Crippen molar-refractivity contribution >= 4 is 23.2 Å². The zero-order valence-corrected chi connectivity index (χ0v) is 16.2. The molecule has 0 aliphatic heterocycles. The van der Waals surface area contributed by atoms with Crippen LogP contribution in [0.3, 0.4) is 0 Å². The van der Waals surface area contributed by atoms with E-state index in [2.05, 4.69) is 15.6 Å². The smallest absolute Gasteiger partial charge is 0.263 e. The summed E-state index contributed by atoms with van der Waals surface area (Å²) in [7, 11) is 0. The van der Waals surface area contributed by atoms with Crippen LogP contribution < -0.4 is 10.6 Å². The monoisotopic (exact) mass is 397 g/mol. The molecule has 28 heavy (non-hydrogen) atoms. The van der Waals surface area contributed by atoms with E-state index in [0.29, 0.717) is 27.7 Å². The van der Waals surface area contributed by atoms with Crippen molar-refractivity contribution in [3.8, 4) is 0 Å². The van der Waals surface area contributed by atoms with E-state index in [0.717, 1.165) is 5.56 Å². The van der Waals surface area contributed by atoms with Crippen molar-refractivity contribution in [3.05, 3.63) is 87.1 Å². The van der Waals surface area contributed by atoms with Crippen LogP contribution in [0.5, 0.6) is 0 Å². The fraction of sp³-hybridized carbons (Fsp3) is 0.190. The topological polar surface area (TPSA) is 71.1 Å². The lowest BCUT2D eigenvalue weighted by Gasteiger charge is -2.05. The van der Waals surface area contributed by atoms with Gasteiger partial charge in [-0.25, -0.2) is 9.37 Å². The van der Waals surface area contributed by atoms with Gasteiger partial charge in [-0.15, -0.1) is 11.3 Å². The number of carbonyl (C=O) groups is 2. The van der Waals surface area contributed by atoms with Crippen LogP contribution in [-0.4, -0.2) is 16.8 Å². The van der Waals surface area contributed by atoms with Crippen LogP contribution in [0, 0.1) is 12.7 Å². The summed E-state index contributed by atoms with van der Waals surface area (Å²) in [6.07, 6.45) is 0.0475. The molecule has 2 N–H and O–H groups in total. The molecule has 3 aromatic rings. The lowest BCUT2D eigenvalue weighted by molar-refractivity contribution is -0.120. The maximum absolute atomic E-state index is 13.6. The molecule has 0 fully saturated rings. The molecular weight excluding hydrogens is 377 g/mol. The summed E-state index contributed by atoms with van der Waals surface area (Å²) in [5.74, 6) is -0.838. The van der Waals surface area contributed by atoms with Gasteiger partial charge in [0.15, 0.2) is 0 Å². The van der Waals surface area contributed by atoms with E-state index in [1.54, 1.807) is 25.1 Å². The zero-order chi connectivity index (χ0) is 19.9. The molecule has 2 amide bonds. The molecular formula is C21H20FN3O2S. The molecule has 1 heterocycles. The average Bonchev–Trinajstić information content (AvgIpc) is 3.06. The maximum Gasteiger partial charge on any atom is 0.263 e. The summed E-state index contributed by atoms with van der Waals surface area (Å²) in [4.78, 5) is 29.3. The van der Waals surface area contributed by atoms with Gasteiger partial charge in [-0.05, 0) is 18.6 Å². The van der Waals surface area contributed by atoms with Crippen molar-refractivity contribution in [2.24, 2.45) is 0 Å². The first-order chi connectivity index (χ1) is 13.5. The number of rotatable bonds is 7. The Kier molecular flexibility index (Phi) is 6.49. The highest BCUT2D eigenvalue weighted by atomic mass is 32.1. The summed E-state index contributed by atoms with van der Waals surface area (Å²) < 4.78 is 13.6. The highest BCUT2D eigenvalue weighted by Gasteiger charge is 2.17. The first-order valence-corrected chi connectivity index (χ1v) is 9.63. The number of aromatic nitrogens is 1. The van der Waals surface area contributed by atoms with Crippen molar-refractivity contribution < 1.29 is 14.0 Å². The molecule has 0 bridgehead atoms. The molecule has 0 unspecified atom stereocenters. The van der Waals surface area contributed by atoms with E-state index in [9.17, 15) is 14.0 Å². The number of benzene rings is 2. The number of aryl methyl sites for hydroxylation is 1. The van der Waals surface area contributed by atoms with E-state index in [1.807, 2.05) is 30.3 Å². The van der Waals surface area contributed by atoms with E-state index < -0.39 is 0 Å². The number of carbonyl (C=O) groups excluding carboxylic acids is 2. The maximum atomic E-state index is 13.6. The van der Waals surface area contributed by atoms with Crippen LogP contribution in [0.2, 0.25) is 0 Å². The highest BCUT2D eigenvalue weighted by Crippen LogP contribution is 2.19. The Labute approximate surface area is 166 Å². The van der Waals surface area contributed by atoms with E-state index in [4.69, 9.17) is 0 Å². The van der Waals surface area contributed by atoms with Crippen LogP contribution in [-0.2, 0) is 24.3 Å². The molecule has 0 saturated carbocycles. The average molecular weight is 397 g/mol. The second kappa shape index (κ2) is 9.23. The first kappa shape index (κ1) is 19.7. The predicted molar refractivity (Wildman–Crippen MR) is 106 cm³/mol. The Balaban J connectivity index is 1.55. The van der Waals surface area contributed by atoms with Crippen LogP contribution in [0.4, 0.5) is 4.39 Å². The Bertz CT molecular complexity index is 973. The molecule has 0 aliphatic rings. The van der Waals surface area contributed by atoms with E-state index >= 15 is 0 Å². The summed E-state index contributed by atoms with van der Waals surface area (Å²) >= 11 is 1.20. The van der Waals surface area contributed by atoms with Gasteiger partial charge in [0, 0.05) is 18.7 Å². The van der Waals surface area contributed by atoms with Crippen LogP contribution in [0.1, 0.15) is 31.5 Å². The van der Waals surface area contributed by atoms with Gasteiger partial charge >= 0.3 is 0 Å². The van der Waals surface area contributed by atoms with Crippen LogP contribution in [0.25, 0.3) is 0 Å². The van der Waals surface area contributed by atoms with Gasteiger partial charge < -0.3 is 10.6 Å². The van der Waals surface area contributed by atoms with Gasteiger partial charge in [0.1, 0.15) is 15.7 Å². The van der Waals surface area contributed by atoms with E-state index in [-0.39, 0.29) is 30.6 Å². The summed E-state index contributed by atoms with van der Waals surface area (Å²) in [6.45, 7) is 2.28. The Morgan fingerprint density at radius 2 is 1.71 bits per heavy atom. The number of thiazole rings is 1. The van der Waals surface area contributed by atoms with Crippen LogP contribution in [0.15, 0.2) is 54.6 Å². The summed E-state index contributed by atoms with van der Waals surface area (Å²) in [5.41, 5.74) is 2.02. The molecule has 0 radical (unpaired) electrons. The molecule has 5 nitrogen and oxygen atoms in total. The third kappa shape index (κ3) is 5.23. The number of nitrogens with zero attached hydrogens (tertiary/aromatic N) is 1. The third-order valence-corrected chi connectivity index (χ3v) is 5.24. The lowest BCUT2D eigenvalue weighted by atomic mass is 10.2. The van der Waals surface area contributed by atoms with Crippen molar-refractivity contribution in [3.63, 3.8) is 0 Å². The summed E-state index contributed by atoms with van der Waals surface area (Å²) in [5, 5.41) is 6.09. The quantitative estimate of drug-likeness (QED) is 0.642. The molecule has 0 saturated heterocycles. The fourth-order valence-corrected chi connectivity index (χ4v) is 3.61. The fourth-order valence-electron chi connectivity index (χ4n) is 2.63. The second-order valence-electron chi connectivity index (χ2n) is 6.24. The predicted octanol–water partition coefficient (Wildman–Crippen LogP) is 3.38. The lowest BCUT2D eigenvalue weighted by Crippen LogP contribution is -2.25. The number of nitrogens with one attached hydrogen (secondary N) is 2. The van der Waals surface area contributed by atoms with Crippen molar-refractivity contribution in [1.82, 2.24) is 15.6 Å². The number of hydrogen-bond donors (Lipinski definition) is 2. The Hall–Kier alpha value is -3.06. The third-order valence-electron chi connectivity index (χ3n) is 4.09. The molecule has 0 aliphatic carbocycles. The minimum absolute atomic E-state index is 0.0475. The molecule has 0 atom stereocenters. The van der Waals surface area contributed by atoms with E-state index in [1.165, 1.54) is 17.4 Å². The first-order valence-electron chi connectivity index (χ1n) is 8.81. The van der Waals surface area contributed by atoms with Crippen molar-refractivity contribution in [2.45, 2.75) is 26.4 Å². The molecule has 7 heteroatoms. The van der Waals surface area contributed by atoms with Gasteiger partial charge in [-0.1, -0.05) is 48.5 Å². The Morgan fingerprint density at radius 1 is 1.00 bits per heavy atom. The van der Waals surface area contributed by atoms with Gasteiger partial charge in [0.2, 0.25) is 5.91 Å². The molecule has 0 spiro atoms. The van der Waals surface area contributed by atoms with Crippen LogP contribution >= 0.6 is 11.3 Å². The van der Waals surface area contributed by atoms with Gasteiger partial charge in [-0.2, -0.15) is 0 Å². The normalized spacial score (nSPS) is 10.5. The summed E-state index contributed by atoms with van der Waals surface area (Å²) in [6, 6.07) is 15.9. The van der Waals surface area contributed by atoms with Gasteiger partial charge in [-0.3, -0.25) is 9.59 Å². The number of hydrogen-bond acceptors (Lipinski definition) is 4. The SMILES string of the molecule is Cc1nc(CC(=O)NCc2ccccc2F)sc1C(=O)NCc1ccccc1. The van der Waals surface area contributed by atoms with Crippen molar-refractivity contribution in [2.75, 3.05) is 0 Å². The van der Waals surface area contributed by atoms with Crippen molar-refractivity contribution in [1.29, 1.82) is 0 Å².